The molecule has 0 bridgehead atoms. The van der Waals surface area contributed by atoms with E-state index in [4.69, 9.17) is 13.9 Å². The predicted molar refractivity (Wildman–Crippen MR) is 138 cm³/mol. The summed E-state index contributed by atoms with van der Waals surface area (Å²) in [6.45, 7) is 4.79. The molecule has 0 fully saturated rings. The molecule has 6 nitrogen and oxygen atoms in total. The van der Waals surface area contributed by atoms with Crippen molar-refractivity contribution in [2.75, 3.05) is 20.3 Å². The van der Waals surface area contributed by atoms with Gasteiger partial charge in [-0.15, -0.1) is 0 Å². The number of rotatable bonds is 8. The highest BCUT2D eigenvalue weighted by atomic mass is 16.5. The van der Waals surface area contributed by atoms with Gasteiger partial charge in [-0.1, -0.05) is 42.5 Å². The van der Waals surface area contributed by atoms with E-state index in [2.05, 4.69) is 16.4 Å². The van der Waals surface area contributed by atoms with Crippen molar-refractivity contribution in [2.24, 2.45) is 0 Å². The molecule has 0 unspecified atom stereocenters. The SMILES string of the molecule is CCOc1ccc([C@H](CNC(=O)c2oc3ccccc3c2C)c2c[nH]c3ccccc23)cc1OC. The molecule has 0 aliphatic rings. The Morgan fingerprint density at radius 3 is 2.57 bits per heavy atom. The first-order valence-electron chi connectivity index (χ1n) is 11.7. The molecule has 2 heterocycles. The van der Waals surface area contributed by atoms with E-state index < -0.39 is 0 Å². The maximum absolute atomic E-state index is 13.2. The number of hydrogen-bond acceptors (Lipinski definition) is 4. The molecular weight excluding hydrogens is 440 g/mol. The maximum atomic E-state index is 13.2. The second-order valence-electron chi connectivity index (χ2n) is 8.45. The molecule has 0 aliphatic heterocycles. The molecule has 6 heteroatoms. The van der Waals surface area contributed by atoms with Crippen molar-refractivity contribution in [1.82, 2.24) is 10.3 Å². The molecular formula is C29H28N2O4. The quantitative estimate of drug-likeness (QED) is 0.285. The number of methoxy groups -OCH3 is 1. The molecule has 0 radical (unpaired) electrons. The smallest absolute Gasteiger partial charge is 0.287 e. The van der Waals surface area contributed by atoms with Crippen molar-refractivity contribution in [3.8, 4) is 11.5 Å². The highest BCUT2D eigenvalue weighted by Gasteiger charge is 2.23. The van der Waals surface area contributed by atoms with E-state index in [1.165, 1.54) is 0 Å². The van der Waals surface area contributed by atoms with Gasteiger partial charge in [0.15, 0.2) is 17.3 Å². The molecule has 1 atom stereocenters. The van der Waals surface area contributed by atoms with Crippen molar-refractivity contribution in [2.45, 2.75) is 19.8 Å². The summed E-state index contributed by atoms with van der Waals surface area (Å²) in [4.78, 5) is 16.6. The van der Waals surface area contributed by atoms with E-state index in [0.717, 1.165) is 33.0 Å². The normalized spacial score (nSPS) is 12.1. The fourth-order valence-corrected chi connectivity index (χ4v) is 4.63. The molecule has 5 rings (SSSR count). The van der Waals surface area contributed by atoms with Crippen molar-refractivity contribution in [1.29, 1.82) is 0 Å². The number of fused-ring (bicyclic) bond motifs is 2. The predicted octanol–water partition coefficient (Wildman–Crippen LogP) is 6.19. The minimum atomic E-state index is -0.235. The average Bonchev–Trinajstić information content (AvgIpc) is 3.46. The van der Waals surface area contributed by atoms with Crippen LogP contribution in [-0.2, 0) is 0 Å². The lowest BCUT2D eigenvalue weighted by atomic mass is 9.90. The van der Waals surface area contributed by atoms with Gasteiger partial charge in [0.25, 0.3) is 5.91 Å². The number of aromatic amines is 1. The van der Waals surface area contributed by atoms with Crippen LogP contribution in [0.2, 0.25) is 0 Å². The van der Waals surface area contributed by atoms with E-state index >= 15 is 0 Å². The second-order valence-corrected chi connectivity index (χ2v) is 8.45. The highest BCUT2D eigenvalue weighted by molar-refractivity contribution is 5.99. The van der Waals surface area contributed by atoms with Crippen LogP contribution in [0.4, 0.5) is 0 Å². The van der Waals surface area contributed by atoms with Gasteiger partial charge in [0, 0.05) is 40.5 Å². The number of para-hydroxylation sites is 2. The summed E-state index contributed by atoms with van der Waals surface area (Å²) in [5.41, 5.74) is 4.69. The van der Waals surface area contributed by atoms with Crippen LogP contribution < -0.4 is 14.8 Å². The van der Waals surface area contributed by atoms with Gasteiger partial charge in [-0.05, 0) is 49.2 Å². The zero-order valence-corrected chi connectivity index (χ0v) is 20.1. The van der Waals surface area contributed by atoms with Crippen LogP contribution in [0.1, 0.15) is 40.1 Å². The zero-order chi connectivity index (χ0) is 24.4. The van der Waals surface area contributed by atoms with Crippen molar-refractivity contribution in [3.63, 3.8) is 0 Å². The van der Waals surface area contributed by atoms with E-state index in [1.807, 2.05) is 80.7 Å². The van der Waals surface area contributed by atoms with Crippen molar-refractivity contribution in [3.05, 3.63) is 95.4 Å². The third kappa shape index (κ3) is 4.23. The first kappa shape index (κ1) is 22.6. The number of ether oxygens (including phenoxy) is 2. The molecule has 35 heavy (non-hydrogen) atoms. The van der Waals surface area contributed by atoms with E-state index in [9.17, 15) is 4.79 Å². The van der Waals surface area contributed by atoms with Crippen LogP contribution in [0.3, 0.4) is 0 Å². The minimum absolute atomic E-state index is 0.121. The van der Waals surface area contributed by atoms with Gasteiger partial charge in [-0.3, -0.25) is 4.79 Å². The van der Waals surface area contributed by atoms with Gasteiger partial charge in [0.2, 0.25) is 0 Å². The second kappa shape index (κ2) is 9.58. The van der Waals surface area contributed by atoms with Gasteiger partial charge in [-0.2, -0.15) is 0 Å². The first-order chi connectivity index (χ1) is 17.1. The summed E-state index contributed by atoms with van der Waals surface area (Å²) in [6.07, 6.45) is 2.01. The number of benzene rings is 3. The molecule has 178 valence electrons. The molecule has 3 aromatic carbocycles. The monoisotopic (exact) mass is 468 g/mol. The van der Waals surface area contributed by atoms with Gasteiger partial charge >= 0.3 is 0 Å². The number of aryl methyl sites for hydroxylation is 1. The summed E-state index contributed by atoms with van der Waals surface area (Å²) in [7, 11) is 1.63. The van der Waals surface area contributed by atoms with Gasteiger partial charge in [-0.25, -0.2) is 0 Å². The lowest BCUT2D eigenvalue weighted by Crippen LogP contribution is -2.29. The molecule has 0 saturated carbocycles. The number of nitrogens with one attached hydrogen (secondary N) is 2. The van der Waals surface area contributed by atoms with Crippen molar-refractivity contribution < 1.29 is 18.7 Å². The third-order valence-corrected chi connectivity index (χ3v) is 6.40. The van der Waals surface area contributed by atoms with Crippen LogP contribution >= 0.6 is 0 Å². The number of H-pyrrole nitrogens is 1. The van der Waals surface area contributed by atoms with Gasteiger partial charge < -0.3 is 24.2 Å². The minimum Gasteiger partial charge on any atom is -0.493 e. The summed E-state index contributed by atoms with van der Waals surface area (Å²) in [5.74, 6) is 1.34. The Hall–Kier alpha value is -4.19. The number of furan rings is 1. The van der Waals surface area contributed by atoms with Crippen LogP contribution in [0, 0.1) is 6.92 Å². The number of carbonyl (C=O) groups excluding carboxylic acids is 1. The number of aromatic nitrogens is 1. The summed E-state index contributed by atoms with van der Waals surface area (Å²) < 4.78 is 17.2. The van der Waals surface area contributed by atoms with E-state index in [0.29, 0.717) is 36.0 Å². The van der Waals surface area contributed by atoms with Crippen LogP contribution in [0.15, 0.2) is 77.3 Å². The topological polar surface area (TPSA) is 76.5 Å². The van der Waals surface area contributed by atoms with Crippen LogP contribution in [0.5, 0.6) is 11.5 Å². The van der Waals surface area contributed by atoms with Gasteiger partial charge in [0.1, 0.15) is 5.58 Å². The fraction of sp³-hybridized carbons (Fsp3) is 0.207. The van der Waals surface area contributed by atoms with E-state index in [-0.39, 0.29) is 11.8 Å². The number of amides is 1. The molecule has 2 aromatic heterocycles. The molecule has 1 amide bonds. The van der Waals surface area contributed by atoms with Gasteiger partial charge in [0.05, 0.1) is 13.7 Å². The molecule has 2 N–H and O–H groups in total. The Kier molecular flexibility index (Phi) is 6.19. The summed E-state index contributed by atoms with van der Waals surface area (Å²) in [6, 6.07) is 21.8. The lowest BCUT2D eigenvalue weighted by Gasteiger charge is -2.20. The Morgan fingerprint density at radius 1 is 1.03 bits per heavy atom. The molecule has 0 aliphatic carbocycles. The van der Waals surface area contributed by atoms with Crippen LogP contribution in [0.25, 0.3) is 21.9 Å². The zero-order valence-electron chi connectivity index (χ0n) is 20.1. The standard InChI is InChI=1S/C29H28N2O4/c1-4-34-26-14-13-19(15-27(26)33-3)22(23-17-30-24-11-7-5-10-21(23)24)16-31-29(32)28-18(2)20-9-6-8-12-25(20)35-28/h5-15,17,22,30H,4,16H2,1-3H3,(H,31,32)/t22-/m0/s1. The number of hydrogen-bond donors (Lipinski definition) is 2. The van der Waals surface area contributed by atoms with Crippen molar-refractivity contribution >= 4 is 27.8 Å². The first-order valence-corrected chi connectivity index (χ1v) is 11.7. The molecule has 0 saturated heterocycles. The third-order valence-electron chi connectivity index (χ3n) is 6.40. The van der Waals surface area contributed by atoms with Crippen LogP contribution in [-0.4, -0.2) is 31.2 Å². The fourth-order valence-electron chi connectivity index (χ4n) is 4.63. The Labute approximate surface area is 203 Å². The van der Waals surface area contributed by atoms with E-state index in [1.54, 1.807) is 7.11 Å². The Balaban J connectivity index is 1.50. The molecule has 5 aromatic rings. The molecule has 0 spiro atoms. The summed E-state index contributed by atoms with van der Waals surface area (Å²) in [5, 5.41) is 5.17. The lowest BCUT2D eigenvalue weighted by molar-refractivity contribution is 0.0926. The maximum Gasteiger partial charge on any atom is 0.287 e. The average molecular weight is 469 g/mol. The number of carbonyl (C=O) groups is 1. The summed E-state index contributed by atoms with van der Waals surface area (Å²) >= 11 is 0. The Bertz CT molecular complexity index is 1500. The highest BCUT2D eigenvalue weighted by Crippen LogP contribution is 2.36. The Morgan fingerprint density at radius 2 is 1.80 bits per heavy atom. The largest absolute Gasteiger partial charge is 0.493 e.